The van der Waals surface area contributed by atoms with E-state index in [1.807, 2.05) is 0 Å². The molecule has 0 unspecified atom stereocenters. The van der Waals surface area contributed by atoms with Crippen molar-refractivity contribution >= 4 is 16.6 Å². The molecule has 10 heavy (non-hydrogen) atoms. The van der Waals surface area contributed by atoms with Crippen LogP contribution < -0.4 is 10.5 Å². The van der Waals surface area contributed by atoms with Crippen LogP contribution in [0.2, 0.25) is 0 Å². The van der Waals surface area contributed by atoms with Gasteiger partial charge in [0.15, 0.2) is 5.84 Å². The Morgan fingerprint density at radius 3 is 2.50 bits per heavy atom. The smallest absolute Gasteiger partial charge is 0.154 e. The molecule has 0 bridgehead atoms. The Bertz CT molecular complexity index is 131. The molecule has 0 aliphatic carbocycles. The molecule has 7 heteroatoms. The largest absolute Gasteiger partial charge is 0.409 e. The van der Waals surface area contributed by atoms with Crippen LogP contribution in [-0.2, 0) is 0 Å². The van der Waals surface area contributed by atoms with Crippen LogP contribution in [0.15, 0.2) is 5.16 Å². The summed E-state index contributed by atoms with van der Waals surface area (Å²) in [5.41, 5.74) is 5.01. The molecule has 0 spiro atoms. The summed E-state index contributed by atoms with van der Waals surface area (Å²) in [6, 6.07) is 0. The highest BCUT2D eigenvalue weighted by Gasteiger charge is 2.02. The molecule has 0 saturated heterocycles. The second kappa shape index (κ2) is 3.62. The molecule has 0 aromatic rings. The van der Waals surface area contributed by atoms with Gasteiger partial charge in [-0.1, -0.05) is 5.16 Å². The second-order valence-electron chi connectivity index (χ2n) is 1.75. The van der Waals surface area contributed by atoms with Gasteiger partial charge in [0.2, 0.25) is 0 Å². The van der Waals surface area contributed by atoms with E-state index in [9.17, 15) is 0 Å². The van der Waals surface area contributed by atoms with Crippen LogP contribution in [0, 0.1) is 0 Å². The molecule has 0 atom stereocenters. The third-order valence-corrected chi connectivity index (χ3v) is 1.35. The predicted molar refractivity (Wildman–Crippen MR) is 40.2 cm³/mol. The van der Waals surface area contributed by atoms with Crippen LogP contribution >= 0.6 is 10.8 Å². The Morgan fingerprint density at radius 1 is 1.70 bits per heavy atom. The molecule has 6 N–H and O–H groups in total. The molecule has 6 nitrogen and oxygen atoms in total. The van der Waals surface area contributed by atoms with Gasteiger partial charge < -0.3 is 10.9 Å². The number of nitrogens with two attached hydrogens (primary N) is 1. The third-order valence-electron chi connectivity index (χ3n) is 0.655. The van der Waals surface area contributed by atoms with Crippen molar-refractivity contribution in [2.24, 2.45) is 10.9 Å². The van der Waals surface area contributed by atoms with Gasteiger partial charge in [0, 0.05) is 6.26 Å². The van der Waals surface area contributed by atoms with Crippen molar-refractivity contribution in [2.75, 3.05) is 12.8 Å². The zero-order chi connectivity index (χ0) is 8.20. The van der Waals surface area contributed by atoms with Gasteiger partial charge in [0.1, 0.15) is 0 Å². The summed E-state index contributed by atoms with van der Waals surface area (Å²) in [6.45, 7) is -0.0463. The minimum atomic E-state index is -2.75. The number of rotatable bonds is 3. The maximum Gasteiger partial charge on any atom is 0.154 e. The minimum Gasteiger partial charge on any atom is -0.409 e. The lowest BCUT2D eigenvalue weighted by Gasteiger charge is -2.27. The summed E-state index contributed by atoms with van der Waals surface area (Å²) in [4.78, 5) is 0. The Balaban J connectivity index is 3.56. The van der Waals surface area contributed by atoms with Crippen LogP contribution in [-0.4, -0.2) is 32.9 Å². The van der Waals surface area contributed by atoms with Crippen molar-refractivity contribution in [3.05, 3.63) is 0 Å². The molecule has 0 aromatic carbocycles. The van der Waals surface area contributed by atoms with E-state index in [1.165, 1.54) is 6.26 Å². The Hall–Kier alpha value is -0.500. The van der Waals surface area contributed by atoms with Crippen LogP contribution in [0.3, 0.4) is 0 Å². The molecule has 0 aliphatic rings. The maximum absolute atomic E-state index is 8.70. The Labute approximate surface area is 60.2 Å². The van der Waals surface area contributed by atoms with Crippen molar-refractivity contribution in [2.45, 2.75) is 0 Å². The van der Waals surface area contributed by atoms with Gasteiger partial charge in [-0.3, -0.25) is 9.11 Å². The monoisotopic (exact) mass is 169 g/mol. The fourth-order valence-electron chi connectivity index (χ4n) is 0.246. The number of oxime groups is 1. The van der Waals surface area contributed by atoms with Gasteiger partial charge in [0.25, 0.3) is 0 Å². The molecular formula is C3H11N3O3S. The van der Waals surface area contributed by atoms with E-state index in [2.05, 4.69) is 9.88 Å². The van der Waals surface area contributed by atoms with Crippen LogP contribution in [0.5, 0.6) is 0 Å². The first kappa shape index (κ1) is 9.50. The lowest BCUT2D eigenvalue weighted by atomic mass is 10.6. The van der Waals surface area contributed by atoms with Gasteiger partial charge in [-0.05, 0) is 0 Å². The average molecular weight is 169 g/mol. The minimum absolute atomic E-state index is 0.0463. The molecular weight excluding hydrogens is 158 g/mol. The quantitative estimate of drug-likeness (QED) is 0.171. The van der Waals surface area contributed by atoms with E-state index >= 15 is 0 Å². The van der Waals surface area contributed by atoms with Gasteiger partial charge in [-0.15, -0.1) is 10.8 Å². The fraction of sp³-hybridized carbons (Fsp3) is 0.667. The maximum atomic E-state index is 8.70. The summed E-state index contributed by atoms with van der Waals surface area (Å²) in [7, 11) is -2.75. The van der Waals surface area contributed by atoms with Gasteiger partial charge in [-0.2, -0.15) is 0 Å². The van der Waals surface area contributed by atoms with Gasteiger partial charge >= 0.3 is 0 Å². The number of hydrogen-bond donors (Lipinski definition) is 5. The van der Waals surface area contributed by atoms with E-state index in [-0.39, 0.29) is 12.4 Å². The van der Waals surface area contributed by atoms with Crippen molar-refractivity contribution in [1.82, 2.24) is 4.72 Å². The summed E-state index contributed by atoms with van der Waals surface area (Å²) in [6.07, 6.45) is 1.21. The topological polar surface area (TPSA) is 111 Å². The molecule has 0 fully saturated rings. The molecule has 62 valence electrons. The summed E-state index contributed by atoms with van der Waals surface area (Å²) < 4.78 is 19.6. The van der Waals surface area contributed by atoms with Crippen molar-refractivity contribution in [3.63, 3.8) is 0 Å². The summed E-state index contributed by atoms with van der Waals surface area (Å²) in [5.74, 6) is -0.0955. The lowest BCUT2D eigenvalue weighted by Crippen LogP contribution is -2.30. The van der Waals surface area contributed by atoms with E-state index in [1.54, 1.807) is 0 Å². The van der Waals surface area contributed by atoms with E-state index in [0.29, 0.717) is 0 Å². The molecule has 0 amide bonds. The van der Waals surface area contributed by atoms with Gasteiger partial charge in [0.05, 0.1) is 6.54 Å². The lowest BCUT2D eigenvalue weighted by molar-refractivity contribution is 0.317. The molecule has 0 aromatic heterocycles. The highest BCUT2D eigenvalue weighted by Crippen LogP contribution is 2.25. The first-order chi connectivity index (χ1) is 4.45. The van der Waals surface area contributed by atoms with E-state index in [0.717, 1.165) is 0 Å². The molecule has 0 aliphatic heterocycles. The molecule has 0 radical (unpaired) electrons. The number of nitrogens with one attached hydrogen (secondary N) is 1. The van der Waals surface area contributed by atoms with Crippen LogP contribution in [0.4, 0.5) is 0 Å². The highest BCUT2D eigenvalue weighted by atomic mass is 32.3. The van der Waals surface area contributed by atoms with Crippen LogP contribution in [0.1, 0.15) is 0 Å². The summed E-state index contributed by atoms with van der Waals surface area (Å²) >= 11 is 0. The summed E-state index contributed by atoms with van der Waals surface area (Å²) in [5, 5.41) is 10.6. The zero-order valence-electron chi connectivity index (χ0n) is 5.48. The average Bonchev–Trinajstić information content (AvgIpc) is 1.81. The predicted octanol–water partition coefficient (Wildman–Crippen LogP) is -0.382. The first-order valence-corrected chi connectivity index (χ1v) is 4.35. The van der Waals surface area contributed by atoms with Crippen LogP contribution in [0.25, 0.3) is 0 Å². The second-order valence-corrected chi connectivity index (χ2v) is 3.70. The number of amidine groups is 1. The Morgan fingerprint density at radius 2 is 2.20 bits per heavy atom. The molecule has 0 saturated carbocycles. The third kappa shape index (κ3) is 5.63. The highest BCUT2D eigenvalue weighted by molar-refractivity contribution is 8.22. The molecule has 0 heterocycles. The van der Waals surface area contributed by atoms with E-state index in [4.69, 9.17) is 20.0 Å². The molecule has 0 rings (SSSR count). The standard InChI is InChI=1S/C3H11N3O3S/c1-10(8,9)5-2-3(4)6-7/h5,7-9H,2H2,1H3,(H2,4,6). The SMILES string of the molecule is CS(O)(O)NC/C(N)=N/O. The number of nitrogens with zero attached hydrogens (tertiary/aromatic N) is 1. The van der Waals surface area contributed by atoms with Crippen molar-refractivity contribution in [3.8, 4) is 0 Å². The van der Waals surface area contributed by atoms with Crippen molar-refractivity contribution < 1.29 is 14.3 Å². The van der Waals surface area contributed by atoms with E-state index < -0.39 is 10.8 Å². The zero-order valence-corrected chi connectivity index (χ0v) is 6.30. The normalized spacial score (nSPS) is 15.3. The Kier molecular flexibility index (Phi) is 3.43. The first-order valence-electron chi connectivity index (χ1n) is 2.40. The van der Waals surface area contributed by atoms with Gasteiger partial charge in [-0.25, -0.2) is 4.72 Å². The number of hydrogen-bond acceptors (Lipinski definition) is 5. The van der Waals surface area contributed by atoms with Crippen molar-refractivity contribution in [1.29, 1.82) is 0 Å². The fourth-order valence-corrected chi connectivity index (χ4v) is 0.667.